The summed E-state index contributed by atoms with van der Waals surface area (Å²) in [6.45, 7) is 8.38. The first-order valence-electron chi connectivity index (χ1n) is 36.5. The average molecular weight is 1500 g/mol. The zero-order chi connectivity index (χ0) is 73.0. The molecule has 12 heteroatoms. The number of hydrogen-bond donors (Lipinski definition) is 0. The van der Waals surface area contributed by atoms with Gasteiger partial charge in [-0.3, -0.25) is 8.80 Å². The molecule has 8 nitrogen and oxygen atoms in total. The molecule has 1 fully saturated rings. The predicted molar refractivity (Wildman–Crippen MR) is 460 cm³/mol. The molecule has 5 heterocycles. The molecule has 0 unspecified atom stereocenters. The van der Waals surface area contributed by atoms with E-state index in [1.807, 2.05) is 152 Å². The van der Waals surface area contributed by atoms with Gasteiger partial charge in [-0.25, -0.2) is 9.97 Å². The summed E-state index contributed by atoms with van der Waals surface area (Å²) in [6.07, 6.45) is 0. The van der Waals surface area contributed by atoms with Crippen LogP contribution in [-0.2, 0) is 18.4 Å². The van der Waals surface area contributed by atoms with Crippen molar-refractivity contribution in [2.45, 2.75) is 38.9 Å². The molecule has 4 aromatic heterocycles. The van der Waals surface area contributed by atoms with Crippen LogP contribution in [0.15, 0.2) is 356 Å². The quantitative estimate of drug-likeness (QED) is 0.0856. The summed E-state index contributed by atoms with van der Waals surface area (Å²) in [7, 11) is -6.37. The molecular weight excluding hydrogens is 1430 g/mol. The van der Waals surface area contributed by atoms with Crippen molar-refractivity contribution in [2.24, 2.45) is 0 Å². The molecule has 1 aliphatic heterocycles. The van der Waals surface area contributed by atoms with E-state index in [2.05, 4.69) is 253 Å². The van der Waals surface area contributed by atoms with E-state index in [9.17, 15) is 4.57 Å². The highest BCUT2D eigenvalue weighted by molar-refractivity contribution is 9.10. The summed E-state index contributed by atoms with van der Waals surface area (Å²) < 4.78 is 47.8. The summed E-state index contributed by atoms with van der Waals surface area (Å²) >= 11 is 3.51. The molecule has 0 bridgehead atoms. The SMILES string of the molecule is CC1(C)OB(c2ccc3c(c2)c2ccc4ccccc4c2c2nc4ccccc4n32)OC1(C)C.O=P(c1ccccc1)(c1ccccc1)c1ccc2cc(-c3ccc4c(c3)c3ccc5ccccc5c3c3nc5ccccc5n43)ccc2c1.O=P(c1ccccc1)(c1ccccc1)c1ccc2cc(Br)ccc2c1. The first kappa shape index (κ1) is 67.1. The highest BCUT2D eigenvalue weighted by Crippen LogP contribution is 2.47. The normalized spacial score (nSPS) is 13.7. The van der Waals surface area contributed by atoms with Gasteiger partial charge in [0.25, 0.3) is 0 Å². The molecule has 1 saturated heterocycles. The zero-order valence-electron chi connectivity index (χ0n) is 59.8. The van der Waals surface area contributed by atoms with Crippen LogP contribution in [0.25, 0.3) is 131 Å². The lowest BCUT2D eigenvalue weighted by molar-refractivity contribution is 0.00578. The minimum atomic E-state index is -3.06. The Morgan fingerprint density at radius 1 is 0.306 bits per heavy atom. The number of nitrogens with zero attached hydrogens (tertiary/aromatic N) is 4. The van der Waals surface area contributed by atoms with Crippen LogP contribution in [0.5, 0.6) is 0 Å². The van der Waals surface area contributed by atoms with Crippen molar-refractivity contribution in [1.82, 2.24) is 18.8 Å². The average Bonchev–Trinajstić information content (AvgIpc) is 1.50. The third-order valence-electron chi connectivity index (χ3n) is 22.2. The van der Waals surface area contributed by atoms with Crippen molar-refractivity contribution in [2.75, 3.05) is 0 Å². The summed E-state index contributed by atoms with van der Waals surface area (Å²) in [4.78, 5) is 10.3. The summed E-state index contributed by atoms with van der Waals surface area (Å²) in [5, 5.41) is 21.4. The monoisotopic (exact) mass is 1490 g/mol. The van der Waals surface area contributed by atoms with Crippen LogP contribution in [-0.4, -0.2) is 37.1 Å². The number of pyridine rings is 2. The molecular formula is C96H70BBrN4O4P2. The summed E-state index contributed by atoms with van der Waals surface area (Å²) in [6, 6.07) is 121. The largest absolute Gasteiger partial charge is 0.494 e. The molecule has 0 N–H and O–H groups in total. The highest BCUT2D eigenvalue weighted by atomic mass is 79.9. The first-order chi connectivity index (χ1) is 52.7. The third kappa shape index (κ3) is 11.2. The number of hydrogen-bond acceptors (Lipinski definition) is 6. The van der Waals surface area contributed by atoms with Gasteiger partial charge in [0.15, 0.2) is 14.3 Å². The molecule has 0 radical (unpaired) electrons. The Morgan fingerprint density at radius 2 is 0.676 bits per heavy atom. The van der Waals surface area contributed by atoms with Gasteiger partial charge in [-0.2, -0.15) is 0 Å². The number of aromatic nitrogens is 4. The number of halogens is 1. The molecule has 21 rings (SSSR count). The molecule has 0 aliphatic carbocycles. The molecule has 518 valence electrons. The van der Waals surface area contributed by atoms with Crippen molar-refractivity contribution in [3.05, 3.63) is 356 Å². The fourth-order valence-corrected chi connectivity index (χ4v) is 21.8. The second-order valence-corrected chi connectivity index (χ2v) is 35.5. The second-order valence-electron chi connectivity index (χ2n) is 29.0. The maximum absolute atomic E-state index is 15.0. The van der Waals surface area contributed by atoms with Gasteiger partial charge in [-0.05, 0) is 171 Å². The first-order valence-corrected chi connectivity index (χ1v) is 40.7. The Morgan fingerprint density at radius 3 is 1.17 bits per heavy atom. The van der Waals surface area contributed by atoms with E-state index >= 15 is 4.57 Å². The second kappa shape index (κ2) is 26.4. The van der Waals surface area contributed by atoms with Gasteiger partial charge in [0.05, 0.1) is 44.3 Å². The van der Waals surface area contributed by atoms with Crippen molar-refractivity contribution in [3.63, 3.8) is 0 Å². The third-order valence-corrected chi connectivity index (χ3v) is 28.8. The molecule has 0 saturated carbocycles. The number of para-hydroxylation sites is 4. The minimum Gasteiger partial charge on any atom is -0.399 e. The summed E-state index contributed by atoms with van der Waals surface area (Å²) in [5.41, 5.74) is 11.0. The van der Waals surface area contributed by atoms with Gasteiger partial charge >= 0.3 is 7.12 Å². The van der Waals surface area contributed by atoms with Crippen LogP contribution < -0.4 is 37.3 Å². The van der Waals surface area contributed by atoms with E-state index in [1.165, 1.54) is 53.9 Å². The maximum Gasteiger partial charge on any atom is 0.494 e. The Balaban J connectivity index is 0.000000117. The highest BCUT2D eigenvalue weighted by Gasteiger charge is 2.52. The summed E-state index contributed by atoms with van der Waals surface area (Å²) in [5.74, 6) is 0. The Hall–Kier alpha value is -11.6. The Kier molecular flexibility index (Phi) is 16.4. The van der Waals surface area contributed by atoms with Crippen molar-refractivity contribution in [1.29, 1.82) is 0 Å². The predicted octanol–water partition coefficient (Wildman–Crippen LogP) is 21.9. The molecule has 20 aromatic rings. The minimum absolute atomic E-state index is 0.380. The van der Waals surface area contributed by atoms with Crippen molar-refractivity contribution < 1.29 is 18.4 Å². The molecule has 0 amide bonds. The maximum atomic E-state index is 15.0. The molecule has 0 atom stereocenters. The lowest BCUT2D eigenvalue weighted by Crippen LogP contribution is -2.41. The van der Waals surface area contributed by atoms with Gasteiger partial charge in [-0.15, -0.1) is 0 Å². The molecule has 108 heavy (non-hydrogen) atoms. The van der Waals surface area contributed by atoms with E-state index in [-0.39, 0.29) is 11.2 Å². The fraction of sp³-hybridized carbons (Fsp3) is 0.0625. The number of rotatable bonds is 8. The molecule has 0 spiro atoms. The van der Waals surface area contributed by atoms with E-state index < -0.39 is 21.4 Å². The van der Waals surface area contributed by atoms with E-state index in [4.69, 9.17) is 19.3 Å². The van der Waals surface area contributed by atoms with Crippen LogP contribution in [0.2, 0.25) is 0 Å². The topological polar surface area (TPSA) is 87.2 Å². The number of imidazole rings is 2. The van der Waals surface area contributed by atoms with Crippen LogP contribution >= 0.6 is 30.2 Å². The Bertz CT molecular complexity index is 7010. The van der Waals surface area contributed by atoms with E-state index in [1.54, 1.807) is 0 Å². The van der Waals surface area contributed by atoms with Crippen LogP contribution in [0.4, 0.5) is 0 Å². The van der Waals surface area contributed by atoms with Crippen molar-refractivity contribution >= 4 is 194 Å². The molecule has 1 aliphatic rings. The smallest absolute Gasteiger partial charge is 0.399 e. The van der Waals surface area contributed by atoms with Gasteiger partial charge in [0.1, 0.15) is 11.3 Å². The standard InChI is InChI=1S/C45H29N2OP.C29H25BN2O2.C22H16BrOP/c48-49(35-12-3-1-4-13-35,36-14-5-2-6-15-36)37-24-21-32-27-31(19-20-33(32)28-37)34-23-26-42-40(29-34)39-25-22-30-11-7-8-16-38(30)44(39)45-46-41-17-9-10-18-43(41)47(42)45;1-28(2)29(3,4)34-30(33-28)19-14-16-24-22(17-19)21-15-13-18-9-5-6-10-20(18)26(21)27-31-23-11-7-8-12-25(23)32(24)27;23-19-13-11-18-16-22(14-12-17(18)15-19)25(24,20-7-3-1-4-8-20)21-9-5-2-6-10-21/h1-29H;5-17H,1-4H3;1-16H. The van der Waals surface area contributed by atoms with Gasteiger partial charge in [0.2, 0.25) is 0 Å². The van der Waals surface area contributed by atoms with Gasteiger partial charge in [-0.1, -0.05) is 295 Å². The number of fused-ring (bicyclic) bond motifs is 22. The van der Waals surface area contributed by atoms with Gasteiger partial charge in [0, 0.05) is 57.8 Å². The zero-order valence-corrected chi connectivity index (χ0v) is 63.1. The van der Waals surface area contributed by atoms with Crippen molar-refractivity contribution in [3.8, 4) is 11.1 Å². The lowest BCUT2D eigenvalue weighted by atomic mass is 9.78. The van der Waals surface area contributed by atoms with Crippen LogP contribution in [0.3, 0.4) is 0 Å². The van der Waals surface area contributed by atoms with Crippen LogP contribution in [0.1, 0.15) is 27.7 Å². The number of benzene rings is 16. The van der Waals surface area contributed by atoms with Crippen LogP contribution in [0, 0.1) is 0 Å². The van der Waals surface area contributed by atoms with Gasteiger partial charge < -0.3 is 18.4 Å². The lowest BCUT2D eigenvalue weighted by Gasteiger charge is -2.32. The van der Waals surface area contributed by atoms with E-state index in [0.29, 0.717) is 0 Å². The fourth-order valence-electron chi connectivity index (χ4n) is 16.0. The molecule has 16 aromatic carbocycles. The Labute approximate surface area is 633 Å². The van der Waals surface area contributed by atoms with E-state index in [0.717, 1.165) is 119 Å².